The van der Waals surface area contributed by atoms with E-state index in [9.17, 15) is 17.6 Å². The van der Waals surface area contributed by atoms with Gasteiger partial charge in [-0.15, -0.1) is 4.83 Å². The minimum atomic E-state index is -4.29. The molecule has 0 radical (unpaired) electrons. The van der Waals surface area contributed by atoms with Crippen molar-refractivity contribution in [3.05, 3.63) is 52.8 Å². The summed E-state index contributed by atoms with van der Waals surface area (Å²) < 4.78 is 48.0. The average molecular weight is 373 g/mol. The van der Waals surface area contributed by atoms with Crippen LogP contribution in [0.4, 0.5) is 4.39 Å². The second kappa shape index (κ2) is 6.27. The molecule has 7 nitrogen and oxygen atoms in total. The van der Waals surface area contributed by atoms with Crippen molar-refractivity contribution in [2.45, 2.75) is 4.90 Å². The lowest BCUT2D eigenvalue weighted by Gasteiger charge is -2.09. The lowest BCUT2D eigenvalue weighted by Crippen LogP contribution is -2.41. The second-order valence-corrected chi connectivity index (χ2v) is 6.79. The van der Waals surface area contributed by atoms with E-state index < -0.39 is 26.6 Å². The lowest BCUT2D eigenvalue weighted by atomic mass is 10.2. The van der Waals surface area contributed by atoms with E-state index >= 15 is 0 Å². The molecule has 1 amide bonds. The molecule has 0 atom stereocenters. The summed E-state index contributed by atoms with van der Waals surface area (Å²) in [7, 11) is -4.29. The molecular formula is C14H10ClFN2O5S. The molecule has 1 aliphatic heterocycles. The largest absolute Gasteiger partial charge is 0.454 e. The highest BCUT2D eigenvalue weighted by Gasteiger charge is 2.21. The van der Waals surface area contributed by atoms with Crippen LogP contribution < -0.4 is 19.7 Å². The quantitative estimate of drug-likeness (QED) is 0.799. The van der Waals surface area contributed by atoms with Crippen LogP contribution in [0.15, 0.2) is 41.3 Å². The minimum absolute atomic E-state index is 0.0445. The number of nitrogens with one attached hydrogen (secondary N) is 2. The predicted molar refractivity (Wildman–Crippen MR) is 81.8 cm³/mol. The van der Waals surface area contributed by atoms with Gasteiger partial charge in [0, 0.05) is 10.6 Å². The summed E-state index contributed by atoms with van der Waals surface area (Å²) in [6, 6.07) is 7.42. The lowest BCUT2D eigenvalue weighted by molar-refractivity contribution is 0.0944. The van der Waals surface area contributed by atoms with Crippen LogP contribution in [-0.4, -0.2) is 21.1 Å². The third-order valence-corrected chi connectivity index (χ3v) is 4.63. The number of halogens is 2. The van der Waals surface area contributed by atoms with E-state index in [1.54, 1.807) is 0 Å². The molecule has 0 unspecified atom stereocenters. The number of hydrogen-bond donors (Lipinski definition) is 2. The zero-order valence-electron chi connectivity index (χ0n) is 11.9. The molecule has 2 N–H and O–H groups in total. The molecule has 0 aromatic heterocycles. The third-order valence-electron chi connectivity index (χ3n) is 3.12. The highest BCUT2D eigenvalue weighted by molar-refractivity contribution is 7.89. The van der Waals surface area contributed by atoms with Gasteiger partial charge in [0.1, 0.15) is 10.7 Å². The number of sulfonamides is 1. The van der Waals surface area contributed by atoms with Crippen molar-refractivity contribution in [1.82, 2.24) is 10.3 Å². The van der Waals surface area contributed by atoms with Crippen LogP contribution in [0.3, 0.4) is 0 Å². The fourth-order valence-electron chi connectivity index (χ4n) is 1.97. The van der Waals surface area contributed by atoms with Gasteiger partial charge in [-0.25, -0.2) is 12.8 Å². The van der Waals surface area contributed by atoms with E-state index in [2.05, 4.69) is 0 Å². The van der Waals surface area contributed by atoms with Gasteiger partial charge in [-0.3, -0.25) is 10.2 Å². The molecule has 0 bridgehead atoms. The zero-order chi connectivity index (χ0) is 17.3. The van der Waals surface area contributed by atoms with Crippen LogP contribution in [0.25, 0.3) is 0 Å². The molecule has 0 spiro atoms. The van der Waals surface area contributed by atoms with Crippen molar-refractivity contribution in [1.29, 1.82) is 0 Å². The Morgan fingerprint density at radius 1 is 1.12 bits per heavy atom. The number of ether oxygens (including phenoxy) is 2. The zero-order valence-corrected chi connectivity index (χ0v) is 13.4. The topological polar surface area (TPSA) is 93.7 Å². The molecule has 0 saturated heterocycles. The Balaban J connectivity index is 1.73. The summed E-state index contributed by atoms with van der Waals surface area (Å²) in [5.74, 6) is -0.928. The minimum Gasteiger partial charge on any atom is -0.454 e. The van der Waals surface area contributed by atoms with Crippen LogP contribution in [-0.2, 0) is 10.0 Å². The summed E-state index contributed by atoms with van der Waals surface area (Å²) in [5.41, 5.74) is 2.14. The van der Waals surface area contributed by atoms with Crippen molar-refractivity contribution >= 4 is 27.5 Å². The van der Waals surface area contributed by atoms with E-state index in [1.807, 2.05) is 10.3 Å². The number of benzene rings is 2. The molecule has 3 rings (SSSR count). The molecule has 10 heteroatoms. The molecular weight excluding hydrogens is 363 g/mol. The van der Waals surface area contributed by atoms with Gasteiger partial charge in [-0.2, -0.15) is 0 Å². The van der Waals surface area contributed by atoms with Crippen molar-refractivity contribution < 1.29 is 27.1 Å². The highest BCUT2D eigenvalue weighted by atomic mass is 35.5. The van der Waals surface area contributed by atoms with Crippen LogP contribution in [0.5, 0.6) is 11.5 Å². The summed E-state index contributed by atoms with van der Waals surface area (Å²) in [5, 5.41) is 0.0517. The molecule has 2 aromatic carbocycles. The van der Waals surface area contributed by atoms with Gasteiger partial charge >= 0.3 is 0 Å². The summed E-state index contributed by atoms with van der Waals surface area (Å²) in [6.07, 6.45) is 0. The molecule has 1 aliphatic rings. The Morgan fingerprint density at radius 3 is 2.62 bits per heavy atom. The molecule has 1 heterocycles. The number of amides is 1. The van der Waals surface area contributed by atoms with Crippen molar-refractivity contribution in [3.63, 3.8) is 0 Å². The Morgan fingerprint density at radius 2 is 1.88 bits per heavy atom. The number of rotatable bonds is 4. The van der Waals surface area contributed by atoms with Gasteiger partial charge in [0.15, 0.2) is 11.5 Å². The molecule has 0 fully saturated rings. The standard InChI is InChI=1S/C14H10ClFN2O5S/c15-9-2-4-13(10(16)6-9)24(20,21)18-17-14(19)8-1-3-11-12(5-8)23-7-22-11/h1-6,18H,7H2,(H,17,19). The van der Waals surface area contributed by atoms with Crippen molar-refractivity contribution in [2.24, 2.45) is 0 Å². The van der Waals surface area contributed by atoms with E-state index in [-0.39, 0.29) is 17.4 Å². The number of carbonyl (C=O) groups is 1. The van der Waals surface area contributed by atoms with Crippen LogP contribution in [0.1, 0.15) is 10.4 Å². The molecule has 2 aromatic rings. The fourth-order valence-corrected chi connectivity index (χ4v) is 3.03. The monoisotopic (exact) mass is 372 g/mol. The second-order valence-electron chi connectivity index (χ2n) is 4.70. The highest BCUT2D eigenvalue weighted by Crippen LogP contribution is 2.32. The third kappa shape index (κ3) is 3.28. The molecule has 126 valence electrons. The molecule has 0 saturated carbocycles. The first kappa shape index (κ1) is 16.5. The van der Waals surface area contributed by atoms with Crippen molar-refractivity contribution in [3.8, 4) is 11.5 Å². The Kier molecular flexibility index (Phi) is 4.31. The SMILES string of the molecule is O=C(NNS(=O)(=O)c1ccc(Cl)cc1F)c1ccc2c(c1)OCO2. The number of carbonyl (C=O) groups excluding carboxylic acids is 1. The molecule has 0 aliphatic carbocycles. The first-order chi connectivity index (χ1) is 11.4. The Bertz CT molecular complexity index is 919. The maximum Gasteiger partial charge on any atom is 0.266 e. The van der Waals surface area contributed by atoms with E-state index in [4.69, 9.17) is 21.1 Å². The van der Waals surface area contributed by atoms with E-state index in [0.29, 0.717) is 11.5 Å². The van der Waals surface area contributed by atoms with Gasteiger partial charge in [-0.1, -0.05) is 11.6 Å². The van der Waals surface area contributed by atoms with Gasteiger partial charge in [-0.05, 0) is 36.4 Å². The van der Waals surface area contributed by atoms with Gasteiger partial charge in [0.05, 0.1) is 0 Å². The first-order valence-corrected chi connectivity index (χ1v) is 8.40. The normalized spacial score (nSPS) is 12.9. The summed E-state index contributed by atoms with van der Waals surface area (Å²) in [6.45, 7) is 0.0445. The molecule has 24 heavy (non-hydrogen) atoms. The summed E-state index contributed by atoms with van der Waals surface area (Å²) >= 11 is 5.57. The van der Waals surface area contributed by atoms with Crippen LogP contribution >= 0.6 is 11.6 Å². The van der Waals surface area contributed by atoms with Gasteiger partial charge in [0.2, 0.25) is 6.79 Å². The van der Waals surface area contributed by atoms with Crippen molar-refractivity contribution in [2.75, 3.05) is 6.79 Å². The maximum atomic E-state index is 13.7. The first-order valence-electron chi connectivity index (χ1n) is 6.54. The Hall–Kier alpha value is -2.36. The predicted octanol–water partition coefficient (Wildman–Crippen LogP) is 1.83. The Labute approximate surface area is 141 Å². The maximum absolute atomic E-state index is 13.7. The smallest absolute Gasteiger partial charge is 0.266 e. The number of fused-ring (bicyclic) bond motifs is 1. The summed E-state index contributed by atoms with van der Waals surface area (Å²) in [4.78, 5) is 13.2. The average Bonchev–Trinajstić information content (AvgIpc) is 2.99. The van der Waals surface area contributed by atoms with Crippen LogP contribution in [0.2, 0.25) is 5.02 Å². The fraction of sp³-hybridized carbons (Fsp3) is 0.0714. The van der Waals surface area contributed by atoms with Gasteiger partial charge < -0.3 is 9.47 Å². The van der Waals surface area contributed by atoms with Crippen LogP contribution in [0, 0.1) is 5.82 Å². The van der Waals surface area contributed by atoms with E-state index in [1.165, 1.54) is 24.3 Å². The number of hydrogen-bond acceptors (Lipinski definition) is 5. The van der Waals surface area contributed by atoms with Gasteiger partial charge in [0.25, 0.3) is 15.9 Å². The number of hydrazine groups is 1. The van der Waals surface area contributed by atoms with E-state index in [0.717, 1.165) is 12.1 Å².